The number of nitrogens with zero attached hydrogens (tertiary/aromatic N) is 5. The van der Waals surface area contributed by atoms with Gasteiger partial charge < -0.3 is 14.5 Å². The van der Waals surface area contributed by atoms with Gasteiger partial charge in [0.2, 0.25) is 5.91 Å². The van der Waals surface area contributed by atoms with Gasteiger partial charge in [-0.1, -0.05) is 41.6 Å². The van der Waals surface area contributed by atoms with Crippen LogP contribution in [-0.2, 0) is 18.4 Å². The SMILES string of the molecule is Cn1c(Cn2cnc3ccccc32)nnc1SCC(=O)Nc1cccc(Cl)c1. The summed E-state index contributed by atoms with van der Waals surface area (Å²) >= 11 is 7.27. The maximum absolute atomic E-state index is 12.2. The van der Waals surface area contributed by atoms with E-state index >= 15 is 0 Å². The smallest absolute Gasteiger partial charge is 0.234 e. The topological polar surface area (TPSA) is 77.6 Å². The molecular weight excluding hydrogens is 396 g/mol. The summed E-state index contributed by atoms with van der Waals surface area (Å²) in [5, 5.41) is 12.6. The Balaban J connectivity index is 1.40. The van der Waals surface area contributed by atoms with Crippen LogP contribution in [0.1, 0.15) is 5.82 Å². The highest BCUT2D eigenvalue weighted by Crippen LogP contribution is 2.19. The number of carbonyl (C=O) groups is 1. The predicted molar refractivity (Wildman–Crippen MR) is 111 cm³/mol. The maximum Gasteiger partial charge on any atom is 0.234 e. The second kappa shape index (κ2) is 8.04. The lowest BCUT2D eigenvalue weighted by molar-refractivity contribution is -0.113. The molecule has 28 heavy (non-hydrogen) atoms. The Labute approximate surface area is 170 Å². The molecule has 7 nitrogen and oxygen atoms in total. The van der Waals surface area contributed by atoms with E-state index in [0.717, 1.165) is 16.9 Å². The van der Waals surface area contributed by atoms with Crippen LogP contribution >= 0.6 is 23.4 Å². The predicted octanol–water partition coefficient (Wildman–Crippen LogP) is 3.60. The summed E-state index contributed by atoms with van der Waals surface area (Å²) in [6.45, 7) is 0.555. The Morgan fingerprint density at radius 3 is 2.89 bits per heavy atom. The Morgan fingerprint density at radius 1 is 1.18 bits per heavy atom. The van der Waals surface area contributed by atoms with E-state index < -0.39 is 0 Å². The van der Waals surface area contributed by atoms with Crippen LogP contribution in [0.4, 0.5) is 5.69 Å². The van der Waals surface area contributed by atoms with Crippen LogP contribution in [0.25, 0.3) is 11.0 Å². The van der Waals surface area contributed by atoms with Gasteiger partial charge in [-0.15, -0.1) is 10.2 Å². The summed E-state index contributed by atoms with van der Waals surface area (Å²) < 4.78 is 3.92. The highest BCUT2D eigenvalue weighted by molar-refractivity contribution is 7.99. The molecule has 0 saturated heterocycles. The number of fused-ring (bicyclic) bond motifs is 1. The zero-order valence-electron chi connectivity index (χ0n) is 15.0. The van der Waals surface area contributed by atoms with Gasteiger partial charge in [0.25, 0.3) is 0 Å². The van der Waals surface area contributed by atoms with Gasteiger partial charge in [0.1, 0.15) is 0 Å². The van der Waals surface area contributed by atoms with Gasteiger partial charge >= 0.3 is 0 Å². The van der Waals surface area contributed by atoms with E-state index in [1.807, 2.05) is 40.4 Å². The van der Waals surface area contributed by atoms with Crippen molar-refractivity contribution in [2.75, 3.05) is 11.1 Å². The van der Waals surface area contributed by atoms with Gasteiger partial charge in [0.05, 0.1) is 29.7 Å². The number of aromatic nitrogens is 5. The van der Waals surface area contributed by atoms with E-state index in [9.17, 15) is 4.79 Å². The average Bonchev–Trinajstić information content (AvgIpc) is 3.25. The normalized spacial score (nSPS) is 11.1. The third-order valence-corrected chi connectivity index (χ3v) is 5.46. The van der Waals surface area contributed by atoms with Crippen LogP contribution < -0.4 is 5.32 Å². The van der Waals surface area contributed by atoms with E-state index in [-0.39, 0.29) is 11.7 Å². The van der Waals surface area contributed by atoms with Crippen molar-refractivity contribution in [1.82, 2.24) is 24.3 Å². The first-order valence-electron chi connectivity index (χ1n) is 8.56. The van der Waals surface area contributed by atoms with Crippen LogP contribution in [0, 0.1) is 0 Å². The molecule has 0 fully saturated rings. The molecular formula is C19H17ClN6OS. The summed E-state index contributed by atoms with van der Waals surface area (Å²) in [7, 11) is 1.89. The third-order valence-electron chi connectivity index (χ3n) is 4.20. The fraction of sp³-hybridized carbons (Fsp3) is 0.158. The molecule has 4 aromatic rings. The van der Waals surface area contributed by atoms with Crippen LogP contribution in [0.2, 0.25) is 5.02 Å². The monoisotopic (exact) mass is 412 g/mol. The number of halogens is 1. The van der Waals surface area contributed by atoms with Crippen LogP contribution in [0.15, 0.2) is 60.0 Å². The van der Waals surface area contributed by atoms with Gasteiger partial charge in [-0.2, -0.15) is 0 Å². The van der Waals surface area contributed by atoms with E-state index in [2.05, 4.69) is 20.5 Å². The van der Waals surface area contributed by atoms with Crippen molar-refractivity contribution >= 4 is 46.0 Å². The van der Waals surface area contributed by atoms with Crippen LogP contribution in [0.5, 0.6) is 0 Å². The number of amides is 1. The molecule has 0 aliphatic heterocycles. The number of imidazole rings is 1. The van der Waals surface area contributed by atoms with E-state index in [0.29, 0.717) is 22.4 Å². The number of thioether (sulfide) groups is 1. The van der Waals surface area contributed by atoms with Crippen molar-refractivity contribution in [3.05, 3.63) is 65.7 Å². The van der Waals surface area contributed by atoms with Crippen molar-refractivity contribution in [2.45, 2.75) is 11.7 Å². The quantitative estimate of drug-likeness (QED) is 0.489. The number of hydrogen-bond donors (Lipinski definition) is 1. The zero-order chi connectivity index (χ0) is 19.5. The lowest BCUT2D eigenvalue weighted by Gasteiger charge is -2.07. The highest BCUT2D eigenvalue weighted by atomic mass is 35.5. The molecule has 0 atom stereocenters. The van der Waals surface area contributed by atoms with E-state index in [1.54, 1.807) is 30.6 Å². The molecule has 2 heterocycles. The minimum Gasteiger partial charge on any atom is -0.325 e. The summed E-state index contributed by atoms with van der Waals surface area (Å²) in [6, 6.07) is 15.0. The van der Waals surface area contributed by atoms with Crippen molar-refractivity contribution in [3.8, 4) is 0 Å². The lowest BCUT2D eigenvalue weighted by Crippen LogP contribution is -2.14. The van der Waals surface area contributed by atoms with Crippen molar-refractivity contribution in [3.63, 3.8) is 0 Å². The molecule has 9 heteroatoms. The van der Waals surface area contributed by atoms with Gasteiger partial charge in [0, 0.05) is 17.8 Å². The molecule has 0 aliphatic rings. The van der Waals surface area contributed by atoms with E-state index in [1.165, 1.54) is 11.8 Å². The highest BCUT2D eigenvalue weighted by Gasteiger charge is 2.13. The molecule has 0 bridgehead atoms. The van der Waals surface area contributed by atoms with Crippen molar-refractivity contribution < 1.29 is 4.79 Å². The molecule has 2 aromatic carbocycles. The summed E-state index contributed by atoms with van der Waals surface area (Å²) in [5.74, 6) is 0.894. The molecule has 0 saturated carbocycles. The first kappa shape index (κ1) is 18.5. The van der Waals surface area contributed by atoms with Crippen LogP contribution in [0.3, 0.4) is 0 Å². The number of carbonyl (C=O) groups excluding carboxylic acids is 1. The first-order valence-corrected chi connectivity index (χ1v) is 9.93. The Kier molecular flexibility index (Phi) is 5.31. The molecule has 4 rings (SSSR count). The first-order chi connectivity index (χ1) is 13.6. The minimum absolute atomic E-state index is 0.127. The minimum atomic E-state index is -0.127. The summed E-state index contributed by atoms with van der Waals surface area (Å²) in [4.78, 5) is 16.6. The van der Waals surface area contributed by atoms with Crippen molar-refractivity contribution in [2.24, 2.45) is 7.05 Å². The van der Waals surface area contributed by atoms with Crippen LogP contribution in [-0.4, -0.2) is 36.0 Å². The largest absolute Gasteiger partial charge is 0.325 e. The Bertz CT molecular complexity index is 1140. The molecule has 0 unspecified atom stereocenters. The number of anilines is 1. The second-order valence-corrected chi connectivity index (χ2v) is 7.55. The van der Waals surface area contributed by atoms with Gasteiger partial charge in [-0.25, -0.2) is 4.98 Å². The number of rotatable bonds is 6. The molecule has 0 spiro atoms. The molecule has 142 valence electrons. The number of nitrogens with one attached hydrogen (secondary N) is 1. The lowest BCUT2D eigenvalue weighted by atomic mass is 10.3. The van der Waals surface area contributed by atoms with Gasteiger partial charge in [0.15, 0.2) is 11.0 Å². The standard InChI is InChI=1S/C19H17ClN6OS/c1-25-17(10-26-12-21-15-7-2-3-8-16(15)26)23-24-19(25)28-11-18(27)22-14-6-4-5-13(20)9-14/h2-9,12H,10-11H2,1H3,(H,22,27). The maximum atomic E-state index is 12.2. The fourth-order valence-electron chi connectivity index (χ4n) is 2.79. The average molecular weight is 413 g/mol. The number of hydrogen-bond acceptors (Lipinski definition) is 5. The molecule has 2 aromatic heterocycles. The zero-order valence-corrected chi connectivity index (χ0v) is 16.6. The molecule has 1 amide bonds. The molecule has 0 aliphatic carbocycles. The Morgan fingerprint density at radius 2 is 2.04 bits per heavy atom. The summed E-state index contributed by atoms with van der Waals surface area (Å²) in [5.41, 5.74) is 2.65. The number of benzene rings is 2. The third kappa shape index (κ3) is 4.02. The fourth-order valence-corrected chi connectivity index (χ4v) is 3.71. The van der Waals surface area contributed by atoms with Gasteiger partial charge in [-0.05, 0) is 30.3 Å². The van der Waals surface area contributed by atoms with E-state index in [4.69, 9.17) is 11.6 Å². The number of para-hydroxylation sites is 2. The molecule has 1 N–H and O–H groups in total. The Hall–Kier alpha value is -2.84. The summed E-state index contributed by atoms with van der Waals surface area (Å²) in [6.07, 6.45) is 1.80. The molecule has 0 radical (unpaired) electrons. The van der Waals surface area contributed by atoms with Crippen molar-refractivity contribution in [1.29, 1.82) is 0 Å². The second-order valence-electron chi connectivity index (χ2n) is 6.17. The van der Waals surface area contributed by atoms with Gasteiger partial charge in [-0.3, -0.25) is 4.79 Å².